The predicted molar refractivity (Wildman–Crippen MR) is 95.1 cm³/mol. The minimum atomic E-state index is -0.510. The Morgan fingerprint density at radius 1 is 1.08 bits per heavy atom. The number of carbonyl (C=O) groups excluding carboxylic acids is 1. The molecule has 2 aromatic carbocycles. The average Bonchev–Trinajstić information content (AvgIpc) is 2.64. The smallest absolute Gasteiger partial charge is 0.273 e. The van der Waals surface area contributed by atoms with Crippen LogP contribution in [0, 0.1) is 17.0 Å². The first-order valence-electron chi connectivity index (χ1n) is 7.74. The van der Waals surface area contributed by atoms with Crippen LogP contribution in [0.4, 0.5) is 5.69 Å². The van der Waals surface area contributed by atoms with Crippen LogP contribution >= 0.6 is 0 Å². The molecule has 0 fully saturated rings. The number of amides is 1. The van der Waals surface area contributed by atoms with Gasteiger partial charge in [0.1, 0.15) is 0 Å². The van der Waals surface area contributed by atoms with E-state index >= 15 is 0 Å². The van der Waals surface area contributed by atoms with Crippen molar-refractivity contribution >= 4 is 11.6 Å². The van der Waals surface area contributed by atoms with E-state index in [4.69, 9.17) is 14.2 Å². The average molecular weight is 360 g/mol. The first-order valence-corrected chi connectivity index (χ1v) is 7.74. The molecule has 138 valence electrons. The van der Waals surface area contributed by atoms with Crippen LogP contribution < -0.4 is 19.5 Å². The van der Waals surface area contributed by atoms with Gasteiger partial charge in [0, 0.05) is 29.3 Å². The zero-order chi connectivity index (χ0) is 19.3. The van der Waals surface area contributed by atoms with Crippen molar-refractivity contribution in [2.45, 2.75) is 13.5 Å². The molecule has 0 aliphatic rings. The zero-order valence-corrected chi connectivity index (χ0v) is 15.0. The van der Waals surface area contributed by atoms with Gasteiger partial charge >= 0.3 is 0 Å². The summed E-state index contributed by atoms with van der Waals surface area (Å²) in [6, 6.07) is 7.85. The lowest BCUT2D eigenvalue weighted by Gasteiger charge is -2.16. The first kappa shape index (κ1) is 19.0. The lowest BCUT2D eigenvalue weighted by molar-refractivity contribution is -0.385. The molecule has 0 atom stereocenters. The lowest BCUT2D eigenvalue weighted by atomic mass is 10.1. The summed E-state index contributed by atoms with van der Waals surface area (Å²) in [6.45, 7) is 1.70. The van der Waals surface area contributed by atoms with Crippen LogP contribution in [0.5, 0.6) is 17.2 Å². The van der Waals surface area contributed by atoms with Gasteiger partial charge in [0.15, 0.2) is 11.5 Å². The fraction of sp³-hybridized carbons (Fsp3) is 0.278. The summed E-state index contributed by atoms with van der Waals surface area (Å²) in [5, 5.41) is 13.8. The Balaban J connectivity index is 2.26. The van der Waals surface area contributed by atoms with Gasteiger partial charge in [-0.3, -0.25) is 14.9 Å². The van der Waals surface area contributed by atoms with E-state index in [1.54, 1.807) is 25.1 Å². The molecule has 1 N–H and O–H groups in total. The maximum Gasteiger partial charge on any atom is 0.273 e. The van der Waals surface area contributed by atoms with Gasteiger partial charge in [-0.1, -0.05) is 6.07 Å². The quantitative estimate of drug-likeness (QED) is 0.602. The van der Waals surface area contributed by atoms with Gasteiger partial charge in [-0.15, -0.1) is 0 Å². The zero-order valence-electron chi connectivity index (χ0n) is 15.0. The van der Waals surface area contributed by atoms with E-state index in [0.29, 0.717) is 28.4 Å². The van der Waals surface area contributed by atoms with Crippen LogP contribution in [0.1, 0.15) is 21.5 Å². The van der Waals surface area contributed by atoms with Gasteiger partial charge < -0.3 is 19.5 Å². The second-order valence-corrected chi connectivity index (χ2v) is 5.38. The van der Waals surface area contributed by atoms with Crippen molar-refractivity contribution in [2.24, 2.45) is 0 Å². The van der Waals surface area contributed by atoms with Gasteiger partial charge in [-0.2, -0.15) is 0 Å². The lowest BCUT2D eigenvalue weighted by Crippen LogP contribution is -2.24. The summed E-state index contributed by atoms with van der Waals surface area (Å²) >= 11 is 0. The van der Waals surface area contributed by atoms with Crippen molar-refractivity contribution in [3.8, 4) is 17.2 Å². The molecule has 2 rings (SSSR count). The monoisotopic (exact) mass is 360 g/mol. The maximum absolute atomic E-state index is 12.5. The molecule has 0 saturated heterocycles. The number of carbonyl (C=O) groups is 1. The Hall–Kier alpha value is -3.29. The van der Waals surface area contributed by atoms with Crippen molar-refractivity contribution < 1.29 is 23.9 Å². The molecule has 0 aliphatic heterocycles. The van der Waals surface area contributed by atoms with E-state index in [-0.39, 0.29) is 17.8 Å². The van der Waals surface area contributed by atoms with Crippen molar-refractivity contribution in [3.05, 3.63) is 57.1 Å². The third kappa shape index (κ3) is 3.69. The number of rotatable bonds is 7. The number of hydrogen-bond donors (Lipinski definition) is 1. The maximum atomic E-state index is 12.5. The van der Waals surface area contributed by atoms with Crippen LogP contribution in [-0.2, 0) is 6.54 Å². The highest BCUT2D eigenvalue weighted by molar-refractivity contribution is 5.96. The standard InChI is InChI=1S/C18H20N2O6/c1-11-13(6-5-7-14(11)20(22)23)18(21)19-10-12-8-9-15(24-2)17(26-4)16(12)25-3/h5-9H,10H2,1-4H3,(H,19,21). The molecule has 1 amide bonds. The normalized spacial score (nSPS) is 10.2. The Morgan fingerprint density at radius 3 is 2.35 bits per heavy atom. The molecule has 0 unspecified atom stereocenters. The fourth-order valence-electron chi connectivity index (χ4n) is 2.64. The summed E-state index contributed by atoms with van der Waals surface area (Å²) < 4.78 is 15.9. The third-order valence-electron chi connectivity index (χ3n) is 3.97. The second-order valence-electron chi connectivity index (χ2n) is 5.38. The minimum Gasteiger partial charge on any atom is -0.493 e. The summed E-state index contributed by atoms with van der Waals surface area (Å²) in [5.74, 6) is 0.966. The topological polar surface area (TPSA) is 99.9 Å². The van der Waals surface area contributed by atoms with Crippen molar-refractivity contribution in [3.63, 3.8) is 0 Å². The van der Waals surface area contributed by atoms with E-state index in [9.17, 15) is 14.9 Å². The highest BCUT2D eigenvalue weighted by atomic mass is 16.6. The minimum absolute atomic E-state index is 0.0960. The number of nitro groups is 1. The molecule has 0 saturated carbocycles. The van der Waals surface area contributed by atoms with Crippen molar-refractivity contribution in [1.82, 2.24) is 5.32 Å². The van der Waals surface area contributed by atoms with Gasteiger partial charge in [0.25, 0.3) is 11.6 Å². The predicted octanol–water partition coefficient (Wildman–Crippen LogP) is 2.86. The highest BCUT2D eigenvalue weighted by Crippen LogP contribution is 2.39. The van der Waals surface area contributed by atoms with Crippen molar-refractivity contribution in [2.75, 3.05) is 21.3 Å². The molecule has 26 heavy (non-hydrogen) atoms. The molecule has 2 aromatic rings. The molecular formula is C18H20N2O6. The van der Waals surface area contributed by atoms with Crippen molar-refractivity contribution in [1.29, 1.82) is 0 Å². The molecule has 0 heterocycles. The van der Waals surface area contributed by atoms with E-state index in [0.717, 1.165) is 0 Å². The number of methoxy groups -OCH3 is 3. The first-order chi connectivity index (χ1) is 12.4. The number of hydrogen-bond acceptors (Lipinski definition) is 6. The summed E-state index contributed by atoms with van der Waals surface area (Å²) in [7, 11) is 4.51. The second kappa shape index (κ2) is 8.19. The number of ether oxygens (including phenoxy) is 3. The molecule has 0 radical (unpaired) electrons. The number of benzene rings is 2. The van der Waals surface area contributed by atoms with Crippen LogP contribution in [-0.4, -0.2) is 32.2 Å². The Bertz CT molecular complexity index is 835. The van der Waals surface area contributed by atoms with E-state index in [1.807, 2.05) is 0 Å². The molecule has 0 spiro atoms. The van der Waals surface area contributed by atoms with Crippen LogP contribution in [0.15, 0.2) is 30.3 Å². The van der Waals surface area contributed by atoms with Gasteiger partial charge in [0.2, 0.25) is 5.75 Å². The SMILES string of the molecule is COc1ccc(CNC(=O)c2cccc([N+](=O)[O-])c2C)c(OC)c1OC. The fourth-order valence-corrected chi connectivity index (χ4v) is 2.64. The number of nitrogens with one attached hydrogen (secondary N) is 1. The Morgan fingerprint density at radius 2 is 1.77 bits per heavy atom. The van der Waals surface area contributed by atoms with E-state index < -0.39 is 10.8 Å². The van der Waals surface area contributed by atoms with E-state index in [1.165, 1.54) is 33.5 Å². The summed E-state index contributed by atoms with van der Waals surface area (Å²) in [6.07, 6.45) is 0. The van der Waals surface area contributed by atoms with Crippen LogP contribution in [0.3, 0.4) is 0 Å². The Kier molecular flexibility index (Phi) is 6.00. The molecular weight excluding hydrogens is 340 g/mol. The summed E-state index contributed by atoms with van der Waals surface area (Å²) in [5.41, 5.74) is 1.15. The van der Waals surface area contributed by atoms with Gasteiger partial charge in [0.05, 0.1) is 26.3 Å². The number of nitro benzene ring substituents is 1. The molecule has 0 aromatic heterocycles. The molecule has 0 bridgehead atoms. The van der Waals surface area contributed by atoms with Crippen LogP contribution in [0.25, 0.3) is 0 Å². The van der Waals surface area contributed by atoms with E-state index in [2.05, 4.69) is 5.32 Å². The third-order valence-corrected chi connectivity index (χ3v) is 3.97. The Labute approximate surface area is 150 Å². The molecule has 8 nitrogen and oxygen atoms in total. The highest BCUT2D eigenvalue weighted by Gasteiger charge is 2.19. The molecule has 0 aliphatic carbocycles. The number of nitrogens with zero attached hydrogens (tertiary/aromatic N) is 1. The summed E-state index contributed by atoms with van der Waals surface area (Å²) in [4.78, 5) is 23.0. The van der Waals surface area contributed by atoms with Gasteiger partial charge in [-0.25, -0.2) is 0 Å². The molecule has 8 heteroatoms. The van der Waals surface area contributed by atoms with Gasteiger partial charge in [-0.05, 0) is 25.1 Å². The largest absolute Gasteiger partial charge is 0.493 e. The van der Waals surface area contributed by atoms with Crippen LogP contribution in [0.2, 0.25) is 0 Å².